The summed E-state index contributed by atoms with van der Waals surface area (Å²) in [6, 6.07) is 56.9. The van der Waals surface area contributed by atoms with Crippen molar-refractivity contribution in [1.82, 2.24) is 0 Å². The van der Waals surface area contributed by atoms with E-state index in [4.69, 9.17) is 4.42 Å². The maximum Gasteiger partial charge on any atom is 0.135 e. The summed E-state index contributed by atoms with van der Waals surface area (Å²) in [5.41, 5.74) is 11.5. The van der Waals surface area contributed by atoms with Gasteiger partial charge in [0.05, 0.1) is 0 Å². The Balaban J connectivity index is 1.07. The van der Waals surface area contributed by atoms with Gasteiger partial charge in [-0.2, -0.15) is 0 Å². The van der Waals surface area contributed by atoms with E-state index in [9.17, 15) is 0 Å². The smallest absolute Gasteiger partial charge is 0.135 e. The van der Waals surface area contributed by atoms with E-state index in [0.717, 1.165) is 21.9 Å². The molecule has 2 aromatic heterocycles. The average Bonchev–Trinajstić information content (AvgIpc) is 3.66. The minimum Gasteiger partial charge on any atom is -0.456 e. The second-order valence-electron chi connectivity index (χ2n) is 11.4. The van der Waals surface area contributed by atoms with Crippen LogP contribution in [0.4, 0.5) is 0 Å². The van der Waals surface area contributed by atoms with E-state index in [1.807, 2.05) is 23.5 Å². The Bertz CT molecular complexity index is 2340. The summed E-state index contributed by atoms with van der Waals surface area (Å²) in [5, 5.41) is 4.96. The molecule has 2 heteroatoms. The summed E-state index contributed by atoms with van der Waals surface area (Å²) in [6.45, 7) is 0. The third kappa shape index (κ3) is 4.23. The van der Waals surface area contributed by atoms with Crippen LogP contribution in [0, 0.1) is 0 Å². The Hall–Kier alpha value is -5.44. The van der Waals surface area contributed by atoms with E-state index in [1.54, 1.807) is 0 Å². The molecule has 0 bridgehead atoms. The molecule has 0 saturated carbocycles. The predicted octanol–water partition coefficient (Wildman–Crippen LogP) is 12.6. The van der Waals surface area contributed by atoms with Crippen molar-refractivity contribution in [3.8, 4) is 44.5 Å². The van der Waals surface area contributed by atoms with E-state index in [-0.39, 0.29) is 0 Å². The molecule has 0 unspecified atom stereocenters. The van der Waals surface area contributed by atoms with Crippen LogP contribution < -0.4 is 0 Å². The lowest BCUT2D eigenvalue weighted by Gasteiger charge is -2.10. The van der Waals surface area contributed by atoms with Crippen LogP contribution in [-0.4, -0.2) is 0 Å². The number of benzene rings is 7. The Morgan fingerprint density at radius 1 is 0.295 bits per heavy atom. The number of hydrogen-bond acceptors (Lipinski definition) is 2. The molecule has 206 valence electrons. The number of fused-ring (bicyclic) bond motifs is 6. The van der Waals surface area contributed by atoms with Crippen LogP contribution in [0.3, 0.4) is 0 Å². The van der Waals surface area contributed by atoms with Gasteiger partial charge in [-0.05, 0) is 99.1 Å². The molecule has 0 radical (unpaired) electrons. The van der Waals surface area contributed by atoms with Crippen molar-refractivity contribution in [2.24, 2.45) is 0 Å². The van der Waals surface area contributed by atoms with Crippen molar-refractivity contribution in [1.29, 1.82) is 0 Å². The van der Waals surface area contributed by atoms with E-state index >= 15 is 0 Å². The Morgan fingerprint density at radius 2 is 0.750 bits per heavy atom. The van der Waals surface area contributed by atoms with Crippen LogP contribution in [-0.2, 0) is 0 Å². The highest BCUT2D eigenvalue weighted by Crippen LogP contribution is 2.38. The quantitative estimate of drug-likeness (QED) is 0.202. The molecule has 7 aromatic carbocycles. The summed E-state index contributed by atoms with van der Waals surface area (Å²) in [6.07, 6.45) is 0. The van der Waals surface area contributed by atoms with Gasteiger partial charge in [0, 0.05) is 30.9 Å². The van der Waals surface area contributed by atoms with Gasteiger partial charge >= 0.3 is 0 Å². The van der Waals surface area contributed by atoms with Crippen LogP contribution in [0.1, 0.15) is 0 Å². The van der Waals surface area contributed by atoms with Gasteiger partial charge < -0.3 is 4.42 Å². The van der Waals surface area contributed by atoms with Crippen molar-refractivity contribution in [3.05, 3.63) is 158 Å². The molecule has 9 aromatic rings. The zero-order valence-corrected chi connectivity index (χ0v) is 24.6. The van der Waals surface area contributed by atoms with Gasteiger partial charge in [0.2, 0.25) is 0 Å². The van der Waals surface area contributed by atoms with Crippen LogP contribution in [0.2, 0.25) is 0 Å². The molecule has 0 fully saturated rings. The van der Waals surface area contributed by atoms with Crippen molar-refractivity contribution in [2.45, 2.75) is 0 Å². The molecule has 2 heterocycles. The molecular formula is C42H26OS. The number of furan rings is 1. The van der Waals surface area contributed by atoms with Gasteiger partial charge in [-0.15, -0.1) is 11.3 Å². The van der Waals surface area contributed by atoms with Crippen LogP contribution in [0.15, 0.2) is 162 Å². The molecule has 44 heavy (non-hydrogen) atoms. The molecule has 0 aliphatic carbocycles. The first-order valence-electron chi connectivity index (χ1n) is 14.9. The second kappa shape index (κ2) is 10.1. The predicted molar refractivity (Wildman–Crippen MR) is 188 cm³/mol. The number of rotatable bonds is 4. The lowest BCUT2D eigenvalue weighted by atomic mass is 9.94. The fraction of sp³-hybridized carbons (Fsp3) is 0. The minimum atomic E-state index is 0.921. The van der Waals surface area contributed by atoms with Gasteiger partial charge in [0.15, 0.2) is 0 Å². The largest absolute Gasteiger partial charge is 0.456 e. The van der Waals surface area contributed by atoms with Crippen molar-refractivity contribution in [3.63, 3.8) is 0 Å². The Labute approximate surface area is 259 Å². The van der Waals surface area contributed by atoms with E-state index in [2.05, 4.69) is 146 Å². The zero-order valence-electron chi connectivity index (χ0n) is 23.8. The van der Waals surface area contributed by atoms with Gasteiger partial charge in [0.1, 0.15) is 11.2 Å². The molecule has 0 amide bonds. The third-order valence-electron chi connectivity index (χ3n) is 8.67. The molecule has 0 aliphatic heterocycles. The molecule has 0 aliphatic rings. The normalized spacial score (nSPS) is 11.6. The maximum atomic E-state index is 6.06. The molecule has 9 rings (SSSR count). The fourth-order valence-corrected chi connectivity index (χ4v) is 7.53. The molecule has 0 saturated heterocycles. The summed E-state index contributed by atoms with van der Waals surface area (Å²) in [7, 11) is 0. The summed E-state index contributed by atoms with van der Waals surface area (Å²) in [5.74, 6) is 0. The molecule has 0 spiro atoms. The van der Waals surface area contributed by atoms with Gasteiger partial charge in [-0.25, -0.2) is 0 Å². The van der Waals surface area contributed by atoms with Gasteiger partial charge in [0.25, 0.3) is 0 Å². The Kier molecular flexibility index (Phi) is 5.75. The zero-order chi connectivity index (χ0) is 29.0. The first-order chi connectivity index (χ1) is 21.8. The molecular weight excluding hydrogens is 553 g/mol. The van der Waals surface area contributed by atoms with E-state index < -0.39 is 0 Å². The number of hydrogen-bond donors (Lipinski definition) is 0. The van der Waals surface area contributed by atoms with Crippen molar-refractivity contribution >= 4 is 53.4 Å². The SMILES string of the molecule is c1cc(-c2cccc(-c3ccc4oc5ccccc5c4c3)c2)cc(-c2cccc(-c3ccc4sc5ccccc5c4c3)c2)c1. The number of para-hydroxylation sites is 1. The minimum absolute atomic E-state index is 0.921. The lowest BCUT2D eigenvalue weighted by molar-refractivity contribution is 0.669. The monoisotopic (exact) mass is 578 g/mol. The average molecular weight is 579 g/mol. The topological polar surface area (TPSA) is 13.1 Å². The third-order valence-corrected chi connectivity index (χ3v) is 9.83. The van der Waals surface area contributed by atoms with Crippen LogP contribution in [0.25, 0.3) is 86.6 Å². The standard InChI is InChI=1S/C42H26OS/c1-3-16-39-35(14-1)37-25-33(18-20-40(37)43-39)31-12-6-10-29(23-31)27-8-5-9-28(22-27)30-11-7-13-32(24-30)34-19-21-42-38(26-34)36-15-2-4-17-41(36)44-42/h1-26H. The van der Waals surface area contributed by atoms with Crippen LogP contribution in [0.5, 0.6) is 0 Å². The van der Waals surface area contributed by atoms with Crippen molar-refractivity contribution in [2.75, 3.05) is 0 Å². The molecule has 0 N–H and O–H groups in total. The second-order valence-corrected chi connectivity index (χ2v) is 12.4. The van der Waals surface area contributed by atoms with Crippen molar-refractivity contribution < 1.29 is 4.42 Å². The van der Waals surface area contributed by atoms with Crippen LogP contribution >= 0.6 is 11.3 Å². The molecule has 1 nitrogen and oxygen atoms in total. The summed E-state index contributed by atoms with van der Waals surface area (Å²) >= 11 is 1.86. The first kappa shape index (κ1) is 25.1. The highest BCUT2D eigenvalue weighted by atomic mass is 32.1. The fourth-order valence-electron chi connectivity index (χ4n) is 6.45. The highest BCUT2D eigenvalue weighted by Gasteiger charge is 2.11. The van der Waals surface area contributed by atoms with E-state index in [0.29, 0.717) is 0 Å². The first-order valence-corrected chi connectivity index (χ1v) is 15.7. The van der Waals surface area contributed by atoms with E-state index in [1.165, 1.54) is 64.7 Å². The maximum absolute atomic E-state index is 6.06. The number of thiophene rings is 1. The highest BCUT2D eigenvalue weighted by molar-refractivity contribution is 7.25. The lowest BCUT2D eigenvalue weighted by Crippen LogP contribution is -1.85. The van der Waals surface area contributed by atoms with Gasteiger partial charge in [-0.1, -0.05) is 103 Å². The summed E-state index contributed by atoms with van der Waals surface area (Å²) < 4.78 is 8.73. The molecule has 0 atom stereocenters. The summed E-state index contributed by atoms with van der Waals surface area (Å²) in [4.78, 5) is 0. The van der Waals surface area contributed by atoms with Gasteiger partial charge in [-0.3, -0.25) is 0 Å². The Morgan fingerprint density at radius 3 is 1.39 bits per heavy atom.